The Bertz CT molecular complexity index is 1260. The first-order valence-electron chi connectivity index (χ1n) is 11.2. The van der Waals surface area contributed by atoms with E-state index in [0.29, 0.717) is 44.0 Å². The van der Waals surface area contributed by atoms with Crippen LogP contribution in [-0.2, 0) is 19.1 Å². The second-order valence-corrected chi connectivity index (χ2v) is 9.03. The number of carboxylic acid groups (broad SMARTS) is 1. The summed E-state index contributed by atoms with van der Waals surface area (Å²) in [7, 11) is 0. The minimum absolute atomic E-state index is 0.0763. The number of esters is 1. The lowest BCUT2D eigenvalue weighted by molar-refractivity contribution is -0.138. The van der Waals surface area contributed by atoms with Gasteiger partial charge in [-0.25, -0.2) is 14.8 Å². The molecule has 1 heterocycles. The van der Waals surface area contributed by atoms with E-state index in [1.165, 1.54) is 12.4 Å². The molecule has 0 spiro atoms. The maximum atomic E-state index is 12.2. The van der Waals surface area contributed by atoms with Crippen molar-refractivity contribution in [1.82, 2.24) is 9.97 Å². The molecular formula is C25H25BrCl2N4O6. The van der Waals surface area contributed by atoms with Crippen LogP contribution < -0.4 is 10.6 Å². The number of aliphatic carboxylic acids is 1. The van der Waals surface area contributed by atoms with Gasteiger partial charge in [0.2, 0.25) is 5.91 Å². The van der Waals surface area contributed by atoms with Crippen molar-refractivity contribution < 1.29 is 29.0 Å². The smallest absolute Gasteiger partial charge is 0.342 e. The van der Waals surface area contributed by atoms with Gasteiger partial charge in [-0.1, -0.05) is 41.4 Å². The summed E-state index contributed by atoms with van der Waals surface area (Å²) in [6, 6.07) is 10.6. The van der Waals surface area contributed by atoms with Crippen molar-refractivity contribution in [3.63, 3.8) is 0 Å². The van der Waals surface area contributed by atoms with E-state index in [1.807, 2.05) is 19.9 Å². The first-order valence-corrected chi connectivity index (χ1v) is 12.7. The maximum absolute atomic E-state index is 12.2. The molecule has 0 saturated heterocycles. The number of ether oxygens (including phenoxy) is 2. The van der Waals surface area contributed by atoms with Gasteiger partial charge in [0, 0.05) is 13.0 Å². The van der Waals surface area contributed by atoms with Crippen LogP contribution in [0.5, 0.6) is 0 Å². The number of para-hydroxylation sites is 1. The fraction of sp³-hybridized carbons (Fsp3) is 0.240. The highest BCUT2D eigenvalue weighted by Crippen LogP contribution is 2.36. The van der Waals surface area contributed by atoms with Crippen molar-refractivity contribution >= 4 is 74.2 Å². The molecular weight excluding hydrogens is 603 g/mol. The van der Waals surface area contributed by atoms with E-state index in [0.717, 1.165) is 5.56 Å². The van der Waals surface area contributed by atoms with Crippen LogP contribution in [0.3, 0.4) is 0 Å². The predicted octanol–water partition coefficient (Wildman–Crippen LogP) is 6.24. The minimum atomic E-state index is -1.01. The fourth-order valence-electron chi connectivity index (χ4n) is 2.73. The maximum Gasteiger partial charge on any atom is 0.342 e. The summed E-state index contributed by atoms with van der Waals surface area (Å²) in [5.74, 6) is -1.59. The molecule has 0 saturated carbocycles. The highest BCUT2D eigenvalue weighted by Gasteiger charge is 2.15. The molecule has 0 bridgehead atoms. The van der Waals surface area contributed by atoms with Gasteiger partial charge in [-0.2, -0.15) is 0 Å². The quantitative estimate of drug-likeness (QED) is 0.135. The number of benzene rings is 2. The van der Waals surface area contributed by atoms with Crippen LogP contribution >= 0.6 is 39.1 Å². The Labute approximate surface area is 237 Å². The average molecular weight is 628 g/mol. The lowest BCUT2D eigenvalue weighted by Gasteiger charge is -2.15. The van der Waals surface area contributed by atoms with Gasteiger partial charge in [-0.15, -0.1) is 0 Å². The van der Waals surface area contributed by atoms with Gasteiger partial charge in [-0.05, 0) is 53.5 Å². The molecule has 0 aliphatic rings. The van der Waals surface area contributed by atoms with Crippen LogP contribution in [-0.4, -0.2) is 46.3 Å². The fourth-order valence-corrected chi connectivity index (χ4v) is 3.40. The summed E-state index contributed by atoms with van der Waals surface area (Å²) in [4.78, 5) is 41.2. The lowest BCUT2D eigenvalue weighted by Crippen LogP contribution is -2.14. The third kappa shape index (κ3) is 10.3. The van der Waals surface area contributed by atoms with Crippen molar-refractivity contribution in [2.24, 2.45) is 0 Å². The van der Waals surface area contributed by atoms with Crippen molar-refractivity contribution in [1.29, 1.82) is 0 Å². The predicted molar refractivity (Wildman–Crippen MR) is 148 cm³/mol. The summed E-state index contributed by atoms with van der Waals surface area (Å²) in [6.45, 7) is 4.09. The van der Waals surface area contributed by atoms with E-state index >= 15 is 0 Å². The highest BCUT2D eigenvalue weighted by molar-refractivity contribution is 9.10. The van der Waals surface area contributed by atoms with Gasteiger partial charge in [-0.3, -0.25) is 9.59 Å². The van der Waals surface area contributed by atoms with Gasteiger partial charge < -0.3 is 25.2 Å². The lowest BCUT2D eigenvalue weighted by atomic mass is 10.1. The van der Waals surface area contributed by atoms with E-state index < -0.39 is 17.8 Å². The van der Waals surface area contributed by atoms with Crippen LogP contribution in [0.15, 0.2) is 53.4 Å². The van der Waals surface area contributed by atoms with E-state index in [1.54, 1.807) is 30.3 Å². The molecule has 2 aromatic carbocycles. The van der Waals surface area contributed by atoms with Crippen molar-refractivity contribution in [3.8, 4) is 0 Å². The monoisotopic (exact) mass is 626 g/mol. The number of carbonyl (C=O) groups excluding carboxylic acids is 2. The Balaban J connectivity index is 0.000000293. The molecule has 0 fully saturated rings. The zero-order chi connectivity index (χ0) is 28.1. The Morgan fingerprint density at radius 1 is 1.05 bits per heavy atom. The first kappa shape index (κ1) is 31.0. The summed E-state index contributed by atoms with van der Waals surface area (Å²) in [5, 5.41) is 14.9. The number of rotatable bonds is 10. The third-order valence-corrected chi connectivity index (χ3v) is 5.83. The van der Waals surface area contributed by atoms with E-state index in [-0.39, 0.29) is 19.6 Å². The van der Waals surface area contributed by atoms with E-state index in [9.17, 15) is 14.4 Å². The number of nitrogens with one attached hydrogen (secondary N) is 2. The SMILES string of the molecule is CCOCOC(=O)c1ccccc1Nc1c(Cl)ccc(C)c1Cl.O=C(O)CCC(=O)Nc1cnc(Br)cn1. The summed E-state index contributed by atoms with van der Waals surface area (Å²) >= 11 is 15.6. The second kappa shape index (κ2) is 15.9. The Kier molecular flexibility index (Phi) is 12.9. The first-order chi connectivity index (χ1) is 18.1. The Hall–Kier alpha value is -3.25. The molecule has 0 unspecified atom stereocenters. The standard InChI is InChI=1S/C17H17Cl2NO3.C8H8BrN3O3/c1-3-22-10-23-17(21)12-6-4-5-7-14(12)20-16-13(18)9-8-11(2)15(16)19;9-5-3-11-6(4-10-5)12-7(13)1-2-8(14)15/h4-9,20H,3,10H2,1-2H3;3-4H,1-2H2,(H,14,15)(H,11,12,13). The van der Waals surface area contributed by atoms with Crippen molar-refractivity contribution in [2.45, 2.75) is 26.7 Å². The number of hydrogen-bond acceptors (Lipinski definition) is 8. The van der Waals surface area contributed by atoms with Gasteiger partial charge in [0.1, 0.15) is 4.60 Å². The largest absolute Gasteiger partial charge is 0.481 e. The molecule has 1 aromatic heterocycles. The van der Waals surface area contributed by atoms with Gasteiger partial charge >= 0.3 is 11.9 Å². The number of hydrogen-bond donors (Lipinski definition) is 3. The number of halogens is 3. The van der Waals surface area contributed by atoms with Crippen LogP contribution in [0.25, 0.3) is 0 Å². The topological polar surface area (TPSA) is 140 Å². The zero-order valence-corrected chi connectivity index (χ0v) is 23.6. The molecule has 10 nitrogen and oxygen atoms in total. The molecule has 13 heteroatoms. The number of carbonyl (C=O) groups is 3. The molecule has 0 aliphatic carbocycles. The Morgan fingerprint density at radius 2 is 1.79 bits per heavy atom. The molecule has 3 N–H and O–H groups in total. The molecule has 0 radical (unpaired) electrons. The zero-order valence-electron chi connectivity index (χ0n) is 20.5. The molecule has 3 rings (SSSR count). The number of carboxylic acids is 1. The summed E-state index contributed by atoms with van der Waals surface area (Å²) in [6.07, 6.45) is 2.54. The molecule has 1 amide bonds. The Morgan fingerprint density at radius 3 is 2.45 bits per heavy atom. The van der Waals surface area contributed by atoms with E-state index in [2.05, 4.69) is 36.5 Å². The second-order valence-electron chi connectivity index (χ2n) is 7.43. The summed E-state index contributed by atoms with van der Waals surface area (Å²) < 4.78 is 10.7. The summed E-state index contributed by atoms with van der Waals surface area (Å²) in [5.41, 5.74) is 2.37. The van der Waals surface area contributed by atoms with Crippen molar-refractivity contribution in [3.05, 3.63) is 74.6 Å². The number of anilines is 3. The van der Waals surface area contributed by atoms with E-state index in [4.69, 9.17) is 37.8 Å². The molecule has 3 aromatic rings. The van der Waals surface area contributed by atoms with Crippen LogP contribution in [0, 0.1) is 6.92 Å². The van der Waals surface area contributed by atoms with Crippen LogP contribution in [0.1, 0.15) is 35.7 Å². The van der Waals surface area contributed by atoms with Gasteiger partial charge in [0.15, 0.2) is 12.6 Å². The normalized spacial score (nSPS) is 10.1. The molecule has 202 valence electrons. The van der Waals surface area contributed by atoms with Crippen molar-refractivity contribution in [2.75, 3.05) is 24.0 Å². The number of nitrogens with zero attached hydrogens (tertiary/aromatic N) is 2. The number of amides is 1. The van der Waals surface area contributed by atoms with Gasteiger partial charge in [0.05, 0.1) is 45.8 Å². The van der Waals surface area contributed by atoms with Crippen LogP contribution in [0.4, 0.5) is 17.2 Å². The number of aromatic nitrogens is 2. The molecule has 0 aliphatic heterocycles. The molecule has 0 atom stereocenters. The van der Waals surface area contributed by atoms with Crippen LogP contribution in [0.2, 0.25) is 10.0 Å². The van der Waals surface area contributed by atoms with Gasteiger partial charge in [0.25, 0.3) is 0 Å². The number of aryl methyl sites for hydroxylation is 1. The highest BCUT2D eigenvalue weighted by atomic mass is 79.9. The molecule has 38 heavy (non-hydrogen) atoms. The average Bonchev–Trinajstić information content (AvgIpc) is 2.89. The minimum Gasteiger partial charge on any atom is -0.481 e. The third-order valence-electron chi connectivity index (χ3n) is 4.62.